The van der Waals surface area contributed by atoms with Crippen LogP contribution >= 0.6 is 0 Å². The van der Waals surface area contributed by atoms with Gasteiger partial charge >= 0.3 is 0 Å². The number of primary amides is 1. The molecule has 1 aromatic heterocycles. The van der Waals surface area contributed by atoms with E-state index in [1.54, 1.807) is 24.3 Å². The summed E-state index contributed by atoms with van der Waals surface area (Å²) in [6, 6.07) is 7.03. The highest BCUT2D eigenvalue weighted by Gasteiger charge is 2.11. The fraction of sp³-hybridized carbons (Fsp3) is 0. The molecule has 0 bridgehead atoms. The van der Waals surface area contributed by atoms with Crippen molar-refractivity contribution in [1.29, 1.82) is 0 Å². The predicted octanol–water partition coefficient (Wildman–Crippen LogP) is 0.537. The Morgan fingerprint density at radius 1 is 1.31 bits per heavy atom. The first kappa shape index (κ1) is 10.0. The molecule has 0 saturated carbocycles. The largest absolute Gasteiger partial charge is 0.411 e. The summed E-state index contributed by atoms with van der Waals surface area (Å²) < 4.78 is 0. The Hall–Kier alpha value is -2.50. The zero-order valence-electron chi connectivity index (χ0n) is 8.16. The summed E-state index contributed by atoms with van der Waals surface area (Å²) in [5.74, 6) is -0.715. The van der Waals surface area contributed by atoms with Crippen LogP contribution in [0.4, 0.5) is 0 Å². The molecule has 0 aliphatic rings. The molecule has 80 valence electrons. The first-order valence-electron chi connectivity index (χ1n) is 4.46. The fourth-order valence-corrected chi connectivity index (χ4v) is 1.34. The van der Waals surface area contributed by atoms with Gasteiger partial charge in [0.1, 0.15) is 5.69 Å². The van der Waals surface area contributed by atoms with Crippen LogP contribution in [0.3, 0.4) is 0 Å². The van der Waals surface area contributed by atoms with Crippen LogP contribution in [0.1, 0.15) is 16.2 Å². The van der Waals surface area contributed by atoms with E-state index in [4.69, 9.17) is 10.9 Å². The average Bonchev–Trinajstić information content (AvgIpc) is 2.28. The number of benzene rings is 1. The van der Waals surface area contributed by atoms with Gasteiger partial charge in [0.05, 0.1) is 17.2 Å². The molecule has 0 radical (unpaired) electrons. The van der Waals surface area contributed by atoms with E-state index in [1.165, 1.54) is 0 Å². The van der Waals surface area contributed by atoms with Crippen molar-refractivity contribution in [2.75, 3.05) is 0 Å². The minimum atomic E-state index is -0.715. The van der Waals surface area contributed by atoms with Crippen LogP contribution in [0, 0.1) is 0 Å². The molecule has 1 heterocycles. The van der Waals surface area contributed by atoms with Gasteiger partial charge in [-0.1, -0.05) is 17.3 Å². The number of para-hydroxylation sites is 2. The number of fused-ring (bicyclic) bond motifs is 1. The van der Waals surface area contributed by atoms with Crippen LogP contribution in [-0.2, 0) is 0 Å². The zero-order chi connectivity index (χ0) is 11.5. The molecule has 1 aromatic carbocycles. The highest BCUT2D eigenvalue weighted by Crippen LogP contribution is 2.11. The molecule has 3 N–H and O–H groups in total. The van der Waals surface area contributed by atoms with E-state index in [2.05, 4.69) is 15.1 Å². The number of nitrogens with two attached hydrogens (primary N) is 1. The minimum absolute atomic E-state index is 0.0171. The molecule has 0 saturated heterocycles. The van der Waals surface area contributed by atoms with E-state index in [1.807, 2.05) is 0 Å². The molecule has 2 rings (SSSR count). The molecule has 2 aromatic rings. The van der Waals surface area contributed by atoms with Gasteiger partial charge < -0.3 is 10.9 Å². The Morgan fingerprint density at radius 2 is 1.94 bits per heavy atom. The number of oxime groups is 1. The SMILES string of the molecule is NC(=O)c1nc2ccccc2nc1C=NO. The first-order valence-corrected chi connectivity index (χ1v) is 4.46. The third-order valence-corrected chi connectivity index (χ3v) is 2.01. The average molecular weight is 216 g/mol. The Labute approximate surface area is 90.4 Å². The lowest BCUT2D eigenvalue weighted by atomic mass is 10.2. The number of rotatable bonds is 2. The van der Waals surface area contributed by atoms with E-state index in [9.17, 15) is 4.79 Å². The normalized spacial score (nSPS) is 11.0. The van der Waals surface area contributed by atoms with Gasteiger partial charge in [-0.05, 0) is 12.1 Å². The maximum absolute atomic E-state index is 11.1. The highest BCUT2D eigenvalue weighted by atomic mass is 16.4. The molecule has 6 heteroatoms. The fourth-order valence-electron chi connectivity index (χ4n) is 1.34. The molecule has 0 aliphatic heterocycles. The third kappa shape index (κ3) is 1.68. The van der Waals surface area contributed by atoms with Crippen LogP contribution in [0.2, 0.25) is 0 Å². The number of hydrogen-bond donors (Lipinski definition) is 2. The minimum Gasteiger partial charge on any atom is -0.411 e. The van der Waals surface area contributed by atoms with Gasteiger partial charge in [-0.3, -0.25) is 4.79 Å². The quantitative estimate of drug-likeness (QED) is 0.434. The van der Waals surface area contributed by atoms with Crippen molar-refractivity contribution in [3.63, 3.8) is 0 Å². The summed E-state index contributed by atoms with van der Waals surface area (Å²) in [4.78, 5) is 19.3. The number of carbonyl (C=O) groups is 1. The van der Waals surface area contributed by atoms with Gasteiger partial charge in [0, 0.05) is 0 Å². The molecule has 1 amide bonds. The van der Waals surface area contributed by atoms with Gasteiger partial charge in [0.15, 0.2) is 5.69 Å². The lowest BCUT2D eigenvalue weighted by molar-refractivity contribution is 0.0995. The van der Waals surface area contributed by atoms with Gasteiger partial charge in [0.25, 0.3) is 5.91 Å². The summed E-state index contributed by atoms with van der Waals surface area (Å²) in [5, 5.41) is 11.3. The van der Waals surface area contributed by atoms with E-state index in [-0.39, 0.29) is 11.4 Å². The van der Waals surface area contributed by atoms with Crippen molar-refractivity contribution in [1.82, 2.24) is 9.97 Å². The Kier molecular flexibility index (Phi) is 2.47. The van der Waals surface area contributed by atoms with E-state index < -0.39 is 5.91 Å². The lowest BCUT2D eigenvalue weighted by Gasteiger charge is -2.02. The van der Waals surface area contributed by atoms with Crippen molar-refractivity contribution in [3.05, 3.63) is 35.7 Å². The summed E-state index contributed by atoms with van der Waals surface area (Å²) in [6.45, 7) is 0. The van der Waals surface area contributed by atoms with Gasteiger partial charge in [0.2, 0.25) is 0 Å². The van der Waals surface area contributed by atoms with Crippen molar-refractivity contribution < 1.29 is 10.0 Å². The van der Waals surface area contributed by atoms with Crippen LogP contribution in [-0.4, -0.2) is 27.3 Å². The Bertz CT molecular complexity index is 580. The van der Waals surface area contributed by atoms with Crippen LogP contribution in [0.25, 0.3) is 11.0 Å². The number of hydrogen-bond acceptors (Lipinski definition) is 5. The van der Waals surface area contributed by atoms with Crippen molar-refractivity contribution in [3.8, 4) is 0 Å². The Morgan fingerprint density at radius 3 is 2.50 bits per heavy atom. The van der Waals surface area contributed by atoms with E-state index >= 15 is 0 Å². The smallest absolute Gasteiger partial charge is 0.269 e. The summed E-state index contributed by atoms with van der Waals surface area (Å²) in [6.07, 6.45) is 1.03. The van der Waals surface area contributed by atoms with Gasteiger partial charge in [-0.15, -0.1) is 0 Å². The third-order valence-electron chi connectivity index (χ3n) is 2.01. The predicted molar refractivity (Wildman–Crippen MR) is 57.4 cm³/mol. The second kappa shape index (κ2) is 3.93. The molecule has 0 spiro atoms. The summed E-state index contributed by atoms with van der Waals surface area (Å²) >= 11 is 0. The molecular weight excluding hydrogens is 208 g/mol. The molecule has 0 atom stereocenters. The molecule has 0 aliphatic carbocycles. The molecular formula is C10H8N4O2. The van der Waals surface area contributed by atoms with Crippen LogP contribution in [0.15, 0.2) is 29.4 Å². The lowest BCUT2D eigenvalue weighted by Crippen LogP contribution is -2.17. The summed E-state index contributed by atoms with van der Waals surface area (Å²) in [5.41, 5.74) is 6.44. The zero-order valence-corrected chi connectivity index (χ0v) is 8.16. The van der Waals surface area contributed by atoms with Crippen molar-refractivity contribution >= 4 is 23.2 Å². The van der Waals surface area contributed by atoms with Crippen molar-refractivity contribution in [2.45, 2.75) is 0 Å². The second-order valence-electron chi connectivity index (χ2n) is 3.05. The molecule has 0 unspecified atom stereocenters. The number of aromatic nitrogens is 2. The molecule has 6 nitrogen and oxygen atoms in total. The second-order valence-corrected chi connectivity index (χ2v) is 3.05. The highest BCUT2D eigenvalue weighted by molar-refractivity contribution is 6.00. The van der Waals surface area contributed by atoms with E-state index in [0.717, 1.165) is 6.21 Å². The number of nitrogens with zero attached hydrogens (tertiary/aromatic N) is 3. The standard InChI is InChI=1S/C10H8N4O2/c11-10(15)9-8(5-12-16)13-6-3-1-2-4-7(6)14-9/h1-5,16H,(H2,11,15). The number of carbonyl (C=O) groups excluding carboxylic acids is 1. The monoisotopic (exact) mass is 216 g/mol. The van der Waals surface area contributed by atoms with Gasteiger partial charge in [-0.2, -0.15) is 0 Å². The first-order chi connectivity index (χ1) is 7.72. The number of amides is 1. The molecule has 0 fully saturated rings. The topological polar surface area (TPSA) is 101 Å². The van der Waals surface area contributed by atoms with Gasteiger partial charge in [-0.25, -0.2) is 9.97 Å². The van der Waals surface area contributed by atoms with Crippen LogP contribution < -0.4 is 5.73 Å². The summed E-state index contributed by atoms with van der Waals surface area (Å²) in [7, 11) is 0. The van der Waals surface area contributed by atoms with E-state index in [0.29, 0.717) is 11.0 Å². The maximum Gasteiger partial charge on any atom is 0.269 e. The molecule has 16 heavy (non-hydrogen) atoms. The van der Waals surface area contributed by atoms with Crippen molar-refractivity contribution in [2.24, 2.45) is 10.9 Å². The Balaban J connectivity index is 2.75. The maximum atomic E-state index is 11.1. The van der Waals surface area contributed by atoms with Crippen LogP contribution in [0.5, 0.6) is 0 Å².